The fraction of sp³-hybridized carbons (Fsp3) is 0. The Bertz CT molecular complexity index is 468. The molecule has 4 nitrogen and oxygen atoms in total. The summed E-state index contributed by atoms with van der Waals surface area (Å²) < 4.78 is 18.8. The average molecular weight is 250 g/mol. The molecule has 90 valence electrons. The molecule has 0 spiro atoms. The van der Waals surface area contributed by atoms with Crippen molar-refractivity contribution in [3.63, 3.8) is 0 Å². The third kappa shape index (κ3) is 4.67. The van der Waals surface area contributed by atoms with Gasteiger partial charge in [-0.2, -0.15) is 0 Å². The fourth-order valence-electron chi connectivity index (χ4n) is 1.05. The molecule has 1 atom stereocenters. The topological polar surface area (TPSA) is 89.3 Å². The van der Waals surface area contributed by atoms with Gasteiger partial charge in [0.1, 0.15) is 0 Å². The monoisotopic (exact) mass is 250 g/mol. The lowest BCUT2D eigenvalue weighted by Gasteiger charge is -1.94. The SMILES string of the molecule is Nc1ccccc1N.O=S(O)c1ccccc1. The molecule has 0 amide bonds. The Morgan fingerprint density at radius 3 is 1.53 bits per heavy atom. The average Bonchev–Trinajstić information content (AvgIpc) is 2.35. The highest BCUT2D eigenvalue weighted by molar-refractivity contribution is 7.79. The molecule has 0 saturated carbocycles. The van der Waals surface area contributed by atoms with E-state index in [0.29, 0.717) is 16.3 Å². The highest BCUT2D eigenvalue weighted by Crippen LogP contribution is 2.10. The second-order valence-corrected chi connectivity index (χ2v) is 4.16. The van der Waals surface area contributed by atoms with Gasteiger partial charge in [0.05, 0.1) is 16.3 Å². The Morgan fingerprint density at radius 1 is 0.824 bits per heavy atom. The first-order valence-corrected chi connectivity index (χ1v) is 5.98. The minimum absolute atomic E-state index is 0.442. The first-order chi connectivity index (χ1) is 8.11. The van der Waals surface area contributed by atoms with Crippen LogP contribution < -0.4 is 11.5 Å². The molecule has 0 aliphatic heterocycles. The van der Waals surface area contributed by atoms with E-state index in [4.69, 9.17) is 16.0 Å². The van der Waals surface area contributed by atoms with E-state index in [1.165, 1.54) is 0 Å². The standard InChI is InChI=1S/C6H8N2.C6H6O2S/c7-5-3-1-2-4-6(5)8;7-9(8)6-4-2-1-3-5-6/h1-4H,7-8H2;1-5H,(H,7,8). The zero-order chi connectivity index (χ0) is 12.7. The van der Waals surface area contributed by atoms with Crippen LogP contribution in [0.5, 0.6) is 0 Å². The molecule has 0 saturated heterocycles. The van der Waals surface area contributed by atoms with Gasteiger partial charge in [0.15, 0.2) is 11.1 Å². The Balaban J connectivity index is 0.000000171. The van der Waals surface area contributed by atoms with Crippen molar-refractivity contribution in [2.24, 2.45) is 0 Å². The van der Waals surface area contributed by atoms with Crippen LogP contribution in [0.3, 0.4) is 0 Å². The lowest BCUT2D eigenvalue weighted by molar-refractivity contribution is 0.564. The maximum atomic E-state index is 10.3. The van der Waals surface area contributed by atoms with Crippen molar-refractivity contribution in [2.75, 3.05) is 11.5 Å². The summed E-state index contributed by atoms with van der Waals surface area (Å²) in [5, 5.41) is 0. The number of benzene rings is 2. The van der Waals surface area contributed by atoms with E-state index < -0.39 is 11.1 Å². The van der Waals surface area contributed by atoms with Crippen molar-refractivity contribution in [1.82, 2.24) is 0 Å². The van der Waals surface area contributed by atoms with Crippen LogP contribution in [0.4, 0.5) is 11.4 Å². The highest BCUT2D eigenvalue weighted by atomic mass is 32.2. The van der Waals surface area contributed by atoms with Crippen LogP contribution in [0.1, 0.15) is 0 Å². The second-order valence-electron chi connectivity index (χ2n) is 3.19. The smallest absolute Gasteiger partial charge is 0.186 e. The third-order valence-corrected chi connectivity index (χ3v) is 2.62. The van der Waals surface area contributed by atoms with Crippen LogP contribution >= 0.6 is 0 Å². The lowest BCUT2D eigenvalue weighted by Crippen LogP contribution is -1.91. The molecule has 0 aromatic heterocycles. The summed E-state index contributed by atoms with van der Waals surface area (Å²) >= 11 is -1.83. The van der Waals surface area contributed by atoms with Crippen LogP contribution in [-0.2, 0) is 11.1 Å². The van der Waals surface area contributed by atoms with Crippen LogP contribution in [-0.4, -0.2) is 8.76 Å². The number of rotatable bonds is 1. The molecule has 0 aliphatic carbocycles. The fourth-order valence-corrected chi connectivity index (χ4v) is 1.44. The molecule has 1 unspecified atom stereocenters. The Hall–Kier alpha value is -1.85. The van der Waals surface area contributed by atoms with Crippen LogP contribution in [0.15, 0.2) is 59.5 Å². The van der Waals surface area contributed by atoms with Gasteiger partial charge in [-0.3, -0.25) is 0 Å². The molecular weight excluding hydrogens is 236 g/mol. The van der Waals surface area contributed by atoms with E-state index in [-0.39, 0.29) is 0 Å². The van der Waals surface area contributed by atoms with Crippen molar-refractivity contribution >= 4 is 22.5 Å². The maximum absolute atomic E-state index is 10.3. The maximum Gasteiger partial charge on any atom is 0.186 e. The van der Waals surface area contributed by atoms with Gasteiger partial charge in [-0.05, 0) is 24.3 Å². The minimum atomic E-state index is -1.83. The van der Waals surface area contributed by atoms with Gasteiger partial charge in [-0.25, -0.2) is 4.21 Å². The van der Waals surface area contributed by atoms with Crippen molar-refractivity contribution < 1.29 is 8.76 Å². The minimum Gasteiger partial charge on any atom is -0.397 e. The first-order valence-electron chi connectivity index (χ1n) is 4.87. The van der Waals surface area contributed by atoms with Crippen molar-refractivity contribution in [1.29, 1.82) is 0 Å². The van der Waals surface area contributed by atoms with Crippen LogP contribution in [0, 0.1) is 0 Å². The van der Waals surface area contributed by atoms with Crippen molar-refractivity contribution in [3.05, 3.63) is 54.6 Å². The third-order valence-electron chi connectivity index (χ3n) is 1.94. The number of anilines is 2. The summed E-state index contributed by atoms with van der Waals surface area (Å²) in [6.07, 6.45) is 0. The van der Waals surface area contributed by atoms with Gasteiger partial charge in [0, 0.05) is 0 Å². The van der Waals surface area contributed by atoms with Crippen LogP contribution in [0.2, 0.25) is 0 Å². The number of para-hydroxylation sites is 2. The summed E-state index contributed by atoms with van der Waals surface area (Å²) in [6.45, 7) is 0. The molecule has 0 aliphatic rings. The summed E-state index contributed by atoms with van der Waals surface area (Å²) in [5.74, 6) is 0. The Kier molecular flexibility index (Phi) is 5.19. The molecule has 0 fully saturated rings. The van der Waals surface area contributed by atoms with Gasteiger partial charge in [0.25, 0.3) is 0 Å². The zero-order valence-electron chi connectivity index (χ0n) is 9.11. The van der Waals surface area contributed by atoms with Gasteiger partial charge in [-0.15, -0.1) is 0 Å². The predicted octanol–water partition coefficient (Wildman–Crippen LogP) is 2.12. The number of nitrogens with two attached hydrogens (primary N) is 2. The quantitative estimate of drug-likeness (QED) is 0.534. The molecular formula is C12H14N2O2S. The van der Waals surface area contributed by atoms with E-state index in [2.05, 4.69) is 0 Å². The predicted molar refractivity (Wildman–Crippen MR) is 70.7 cm³/mol. The van der Waals surface area contributed by atoms with E-state index in [1.807, 2.05) is 12.1 Å². The number of hydrogen-bond acceptors (Lipinski definition) is 3. The first kappa shape index (κ1) is 13.2. The summed E-state index contributed by atoms with van der Waals surface area (Å²) in [7, 11) is 0. The molecule has 5 heteroatoms. The molecule has 0 heterocycles. The largest absolute Gasteiger partial charge is 0.397 e. The number of nitrogen functional groups attached to an aromatic ring is 2. The van der Waals surface area contributed by atoms with E-state index in [9.17, 15) is 4.21 Å². The lowest BCUT2D eigenvalue weighted by atomic mass is 10.3. The van der Waals surface area contributed by atoms with Gasteiger partial charge < -0.3 is 16.0 Å². The van der Waals surface area contributed by atoms with E-state index in [0.717, 1.165) is 0 Å². The summed E-state index contributed by atoms with van der Waals surface area (Å²) in [5.41, 5.74) is 12.1. The summed E-state index contributed by atoms with van der Waals surface area (Å²) in [6, 6.07) is 15.7. The van der Waals surface area contributed by atoms with E-state index >= 15 is 0 Å². The van der Waals surface area contributed by atoms with Gasteiger partial charge in [-0.1, -0.05) is 30.3 Å². The van der Waals surface area contributed by atoms with Gasteiger partial charge in [0.2, 0.25) is 0 Å². The second kappa shape index (κ2) is 6.67. The molecule has 0 bridgehead atoms. The zero-order valence-corrected chi connectivity index (χ0v) is 9.93. The highest BCUT2D eigenvalue weighted by Gasteiger charge is 1.93. The summed E-state index contributed by atoms with van der Waals surface area (Å²) in [4.78, 5) is 0.442. The molecule has 0 radical (unpaired) electrons. The molecule has 2 rings (SSSR count). The molecule has 5 N–H and O–H groups in total. The van der Waals surface area contributed by atoms with Crippen molar-refractivity contribution in [3.8, 4) is 0 Å². The normalized spacial score (nSPS) is 11.1. The van der Waals surface area contributed by atoms with Crippen molar-refractivity contribution in [2.45, 2.75) is 4.90 Å². The Morgan fingerprint density at radius 2 is 1.24 bits per heavy atom. The number of hydrogen-bond donors (Lipinski definition) is 3. The van der Waals surface area contributed by atoms with Crippen LogP contribution in [0.25, 0.3) is 0 Å². The molecule has 2 aromatic rings. The molecule has 2 aromatic carbocycles. The Labute approximate surface area is 103 Å². The van der Waals surface area contributed by atoms with E-state index in [1.54, 1.807) is 42.5 Å². The van der Waals surface area contributed by atoms with Gasteiger partial charge >= 0.3 is 0 Å². The molecule has 17 heavy (non-hydrogen) atoms.